The van der Waals surface area contributed by atoms with Gasteiger partial charge < -0.3 is 4.74 Å². The maximum absolute atomic E-state index is 13.2. The van der Waals surface area contributed by atoms with Crippen molar-refractivity contribution in [2.45, 2.75) is 45.3 Å². The van der Waals surface area contributed by atoms with Crippen LogP contribution in [-0.2, 0) is 18.3 Å². The lowest BCUT2D eigenvalue weighted by molar-refractivity contribution is -0.0872. The van der Waals surface area contributed by atoms with Gasteiger partial charge in [-0.05, 0) is 32.3 Å². The number of piperidine rings is 1. The molecule has 0 aliphatic carbocycles. The SMILES string of the molecule is Cc1nn(C)c(C)c1C(=O)C1CC2COCC(C1)N2Cc1ccccc1. The summed E-state index contributed by atoms with van der Waals surface area (Å²) in [6.07, 6.45) is 1.74. The number of ketones is 1. The molecule has 0 saturated carbocycles. The molecular weight excluding hydrogens is 326 g/mol. The van der Waals surface area contributed by atoms with Crippen LogP contribution in [0.5, 0.6) is 0 Å². The first-order valence-electron chi connectivity index (χ1n) is 9.46. The standard InChI is InChI=1S/C21H27N3O2/c1-14-20(15(2)23(3)22-14)21(25)17-9-18-12-26-13-19(10-17)24(18)11-16-7-5-4-6-8-16/h4-8,17-19H,9-13H2,1-3H3. The van der Waals surface area contributed by atoms with E-state index in [1.807, 2.05) is 25.6 Å². The highest BCUT2D eigenvalue weighted by Gasteiger charge is 2.42. The molecule has 138 valence electrons. The zero-order valence-electron chi connectivity index (χ0n) is 15.8. The zero-order chi connectivity index (χ0) is 18.3. The van der Waals surface area contributed by atoms with E-state index in [-0.39, 0.29) is 11.7 Å². The number of fused-ring (bicyclic) bond motifs is 2. The van der Waals surface area contributed by atoms with Crippen LogP contribution in [0.1, 0.15) is 40.2 Å². The van der Waals surface area contributed by atoms with Crippen LogP contribution in [0.15, 0.2) is 30.3 Å². The van der Waals surface area contributed by atoms with Gasteiger partial charge in [-0.3, -0.25) is 14.4 Å². The van der Waals surface area contributed by atoms with Gasteiger partial charge >= 0.3 is 0 Å². The molecule has 1 aromatic carbocycles. The largest absolute Gasteiger partial charge is 0.378 e. The number of aromatic nitrogens is 2. The molecule has 0 radical (unpaired) electrons. The first-order valence-corrected chi connectivity index (χ1v) is 9.46. The quantitative estimate of drug-likeness (QED) is 0.793. The molecule has 26 heavy (non-hydrogen) atoms. The van der Waals surface area contributed by atoms with Crippen molar-refractivity contribution in [1.82, 2.24) is 14.7 Å². The van der Waals surface area contributed by atoms with Crippen LogP contribution in [0.25, 0.3) is 0 Å². The third-order valence-corrected chi connectivity index (χ3v) is 6.01. The average molecular weight is 353 g/mol. The Hall–Kier alpha value is -1.98. The predicted octanol–water partition coefficient (Wildman–Crippen LogP) is 2.90. The summed E-state index contributed by atoms with van der Waals surface area (Å²) < 4.78 is 7.64. The van der Waals surface area contributed by atoms with Crippen molar-refractivity contribution >= 4 is 5.78 Å². The summed E-state index contributed by atoms with van der Waals surface area (Å²) in [6.45, 7) is 6.30. The van der Waals surface area contributed by atoms with E-state index in [4.69, 9.17) is 4.74 Å². The van der Waals surface area contributed by atoms with Gasteiger partial charge in [0.15, 0.2) is 5.78 Å². The van der Waals surface area contributed by atoms with Gasteiger partial charge in [0.05, 0.1) is 24.5 Å². The lowest BCUT2D eigenvalue weighted by atomic mass is 9.80. The van der Waals surface area contributed by atoms with Gasteiger partial charge in [0, 0.05) is 37.3 Å². The Morgan fingerprint density at radius 3 is 2.38 bits per heavy atom. The highest BCUT2D eigenvalue weighted by atomic mass is 16.5. The minimum atomic E-state index is 0.0718. The molecule has 2 aromatic rings. The van der Waals surface area contributed by atoms with Crippen LogP contribution < -0.4 is 0 Å². The van der Waals surface area contributed by atoms with Crippen LogP contribution in [-0.4, -0.2) is 45.8 Å². The predicted molar refractivity (Wildman–Crippen MR) is 100 cm³/mol. The molecule has 0 amide bonds. The molecule has 3 heterocycles. The normalized spacial score (nSPS) is 26.0. The number of hydrogen-bond acceptors (Lipinski definition) is 4. The van der Waals surface area contributed by atoms with Crippen molar-refractivity contribution in [3.8, 4) is 0 Å². The molecule has 2 fully saturated rings. The second-order valence-electron chi connectivity index (χ2n) is 7.71. The molecule has 2 atom stereocenters. The van der Waals surface area contributed by atoms with E-state index in [1.54, 1.807) is 0 Å². The number of morpholine rings is 1. The molecule has 4 rings (SSSR count). The Balaban J connectivity index is 1.53. The van der Waals surface area contributed by atoms with Crippen LogP contribution >= 0.6 is 0 Å². The summed E-state index contributed by atoms with van der Waals surface area (Å²) in [5.74, 6) is 0.340. The molecule has 2 saturated heterocycles. The molecule has 0 N–H and O–H groups in total. The molecule has 2 bridgehead atoms. The van der Waals surface area contributed by atoms with Gasteiger partial charge in [0.1, 0.15) is 0 Å². The van der Waals surface area contributed by atoms with Crippen molar-refractivity contribution in [2.24, 2.45) is 13.0 Å². The Morgan fingerprint density at radius 2 is 1.81 bits per heavy atom. The second-order valence-corrected chi connectivity index (χ2v) is 7.71. The maximum atomic E-state index is 13.2. The summed E-state index contributed by atoms with van der Waals surface area (Å²) in [5, 5.41) is 4.43. The smallest absolute Gasteiger partial charge is 0.169 e. The second kappa shape index (κ2) is 6.97. The van der Waals surface area contributed by atoms with Crippen LogP contribution in [0.4, 0.5) is 0 Å². The van der Waals surface area contributed by atoms with E-state index in [0.717, 1.165) is 49.6 Å². The zero-order valence-corrected chi connectivity index (χ0v) is 15.8. The first-order chi connectivity index (χ1) is 12.5. The Bertz CT molecular complexity index is 785. The Labute approximate surface area is 154 Å². The monoisotopic (exact) mass is 353 g/mol. The number of nitrogens with zero attached hydrogens (tertiary/aromatic N) is 3. The number of benzene rings is 1. The molecular formula is C21H27N3O2. The lowest BCUT2D eigenvalue weighted by Crippen LogP contribution is -2.57. The minimum absolute atomic E-state index is 0.0718. The van der Waals surface area contributed by atoms with Crippen molar-refractivity contribution < 1.29 is 9.53 Å². The number of carbonyl (C=O) groups excluding carboxylic acids is 1. The van der Waals surface area contributed by atoms with Gasteiger partial charge in [-0.25, -0.2) is 0 Å². The summed E-state index contributed by atoms with van der Waals surface area (Å²) in [5.41, 5.74) is 3.98. The molecule has 2 unspecified atom stereocenters. The molecule has 5 heteroatoms. The summed E-state index contributed by atoms with van der Waals surface area (Å²) in [6, 6.07) is 11.2. The Morgan fingerprint density at radius 1 is 1.15 bits per heavy atom. The molecule has 1 aromatic heterocycles. The number of Topliss-reactive ketones (excluding diaryl/α,β-unsaturated/α-hetero) is 1. The van der Waals surface area contributed by atoms with Gasteiger partial charge in [0.2, 0.25) is 0 Å². The minimum Gasteiger partial charge on any atom is -0.378 e. The van der Waals surface area contributed by atoms with E-state index in [9.17, 15) is 4.79 Å². The number of ether oxygens (including phenoxy) is 1. The fraction of sp³-hybridized carbons (Fsp3) is 0.524. The van der Waals surface area contributed by atoms with E-state index in [2.05, 4.69) is 40.3 Å². The average Bonchev–Trinajstić information content (AvgIpc) is 2.87. The summed E-state index contributed by atoms with van der Waals surface area (Å²) >= 11 is 0. The van der Waals surface area contributed by atoms with E-state index in [1.165, 1.54) is 5.56 Å². The van der Waals surface area contributed by atoms with Crippen molar-refractivity contribution in [3.05, 3.63) is 52.8 Å². The number of rotatable bonds is 4. The lowest BCUT2D eigenvalue weighted by Gasteiger charge is -2.48. The topological polar surface area (TPSA) is 47.4 Å². The van der Waals surface area contributed by atoms with Crippen molar-refractivity contribution in [1.29, 1.82) is 0 Å². The number of aryl methyl sites for hydroxylation is 2. The molecule has 2 aliphatic heterocycles. The van der Waals surface area contributed by atoms with Gasteiger partial charge in [-0.2, -0.15) is 5.10 Å². The van der Waals surface area contributed by atoms with Gasteiger partial charge in [0.25, 0.3) is 0 Å². The maximum Gasteiger partial charge on any atom is 0.169 e. The van der Waals surface area contributed by atoms with E-state index < -0.39 is 0 Å². The van der Waals surface area contributed by atoms with Crippen LogP contribution in [0.2, 0.25) is 0 Å². The molecule has 5 nitrogen and oxygen atoms in total. The van der Waals surface area contributed by atoms with Crippen LogP contribution in [0, 0.1) is 19.8 Å². The number of carbonyl (C=O) groups is 1. The van der Waals surface area contributed by atoms with Gasteiger partial charge in [-0.15, -0.1) is 0 Å². The van der Waals surface area contributed by atoms with E-state index >= 15 is 0 Å². The number of hydrogen-bond donors (Lipinski definition) is 0. The first kappa shape index (κ1) is 17.4. The van der Waals surface area contributed by atoms with Gasteiger partial charge in [-0.1, -0.05) is 30.3 Å². The summed E-state index contributed by atoms with van der Waals surface area (Å²) in [4.78, 5) is 15.8. The van der Waals surface area contributed by atoms with E-state index in [0.29, 0.717) is 12.1 Å². The fourth-order valence-corrected chi connectivity index (χ4v) is 4.59. The molecule has 0 spiro atoms. The third-order valence-electron chi connectivity index (χ3n) is 6.01. The molecule has 2 aliphatic rings. The Kier molecular flexibility index (Phi) is 4.67. The highest BCUT2D eigenvalue weighted by Crippen LogP contribution is 2.35. The highest BCUT2D eigenvalue weighted by molar-refractivity contribution is 6.00. The van der Waals surface area contributed by atoms with Crippen molar-refractivity contribution in [3.63, 3.8) is 0 Å². The fourth-order valence-electron chi connectivity index (χ4n) is 4.59. The third kappa shape index (κ3) is 3.10. The van der Waals surface area contributed by atoms with Crippen molar-refractivity contribution in [2.75, 3.05) is 13.2 Å². The van der Waals surface area contributed by atoms with Crippen LogP contribution in [0.3, 0.4) is 0 Å². The summed E-state index contributed by atoms with van der Waals surface area (Å²) in [7, 11) is 1.91.